The van der Waals surface area contributed by atoms with E-state index in [4.69, 9.17) is 0 Å². The summed E-state index contributed by atoms with van der Waals surface area (Å²) in [4.78, 5) is 2.52. The molecule has 0 heterocycles. The van der Waals surface area contributed by atoms with Gasteiger partial charge in [-0.25, -0.2) is 0 Å². The molecule has 0 saturated carbocycles. The molecule has 0 saturated heterocycles. The first-order chi connectivity index (χ1) is 11.5. The Balaban J connectivity index is 2.21. The molecule has 24 heavy (non-hydrogen) atoms. The standard InChI is InChI=1S/C23H22S/c1-15(2)19-7-6-8-21-22(14-13-20(16(3)4)23(19)21)24-18-11-9-17(5)10-12-18/h6-14H,1,3H2,2,4-5H3. The average Bonchev–Trinajstić information content (AvgIpc) is 2.56. The second-order valence-corrected chi connectivity index (χ2v) is 7.43. The van der Waals surface area contributed by atoms with E-state index >= 15 is 0 Å². The van der Waals surface area contributed by atoms with Crippen molar-refractivity contribution < 1.29 is 0 Å². The number of fused-ring (bicyclic) bond motifs is 1. The first-order valence-electron chi connectivity index (χ1n) is 8.09. The second-order valence-electron chi connectivity index (χ2n) is 6.32. The molecular formula is C23H22S. The van der Waals surface area contributed by atoms with Crippen LogP contribution in [-0.2, 0) is 0 Å². The van der Waals surface area contributed by atoms with Gasteiger partial charge < -0.3 is 0 Å². The van der Waals surface area contributed by atoms with Crippen LogP contribution < -0.4 is 0 Å². The maximum absolute atomic E-state index is 4.16. The topological polar surface area (TPSA) is 0 Å². The predicted octanol–water partition coefficient (Wildman–Crippen LogP) is 7.37. The summed E-state index contributed by atoms with van der Waals surface area (Å²) in [7, 11) is 0. The Morgan fingerprint density at radius 1 is 0.792 bits per heavy atom. The van der Waals surface area contributed by atoms with Gasteiger partial charge in [0.1, 0.15) is 0 Å². The van der Waals surface area contributed by atoms with Gasteiger partial charge in [0.25, 0.3) is 0 Å². The summed E-state index contributed by atoms with van der Waals surface area (Å²) in [6, 6.07) is 19.5. The maximum Gasteiger partial charge on any atom is 0.0201 e. The summed E-state index contributed by atoms with van der Waals surface area (Å²) >= 11 is 1.81. The highest BCUT2D eigenvalue weighted by Crippen LogP contribution is 2.39. The molecule has 0 radical (unpaired) electrons. The molecule has 0 aliphatic carbocycles. The molecule has 0 unspecified atom stereocenters. The smallest absolute Gasteiger partial charge is 0.0201 e. The van der Waals surface area contributed by atoms with Gasteiger partial charge in [-0.15, -0.1) is 0 Å². The van der Waals surface area contributed by atoms with Gasteiger partial charge in [0.15, 0.2) is 0 Å². The highest BCUT2D eigenvalue weighted by atomic mass is 32.2. The van der Waals surface area contributed by atoms with Crippen molar-refractivity contribution >= 4 is 33.7 Å². The lowest BCUT2D eigenvalue weighted by Gasteiger charge is -2.15. The van der Waals surface area contributed by atoms with Gasteiger partial charge >= 0.3 is 0 Å². The van der Waals surface area contributed by atoms with E-state index in [1.807, 2.05) is 11.8 Å². The molecule has 0 atom stereocenters. The number of hydrogen-bond donors (Lipinski definition) is 0. The van der Waals surface area contributed by atoms with Crippen molar-refractivity contribution in [1.82, 2.24) is 0 Å². The van der Waals surface area contributed by atoms with Crippen LogP contribution in [0.15, 0.2) is 77.5 Å². The Morgan fingerprint density at radius 3 is 2.04 bits per heavy atom. The van der Waals surface area contributed by atoms with Crippen molar-refractivity contribution in [3.63, 3.8) is 0 Å². The molecule has 0 spiro atoms. The molecule has 0 aliphatic heterocycles. The first kappa shape index (κ1) is 16.6. The summed E-state index contributed by atoms with van der Waals surface area (Å²) in [6.07, 6.45) is 0. The first-order valence-corrected chi connectivity index (χ1v) is 8.91. The third kappa shape index (κ3) is 3.18. The van der Waals surface area contributed by atoms with E-state index in [1.54, 1.807) is 0 Å². The van der Waals surface area contributed by atoms with Crippen LogP contribution in [0.25, 0.3) is 21.9 Å². The minimum Gasteiger partial charge on any atom is -0.0955 e. The number of allylic oxidation sites excluding steroid dienone is 2. The van der Waals surface area contributed by atoms with Crippen LogP contribution in [0.4, 0.5) is 0 Å². The van der Waals surface area contributed by atoms with Crippen LogP contribution in [-0.4, -0.2) is 0 Å². The number of hydrogen-bond acceptors (Lipinski definition) is 1. The molecule has 0 bridgehead atoms. The summed E-state index contributed by atoms with van der Waals surface area (Å²) in [5.74, 6) is 0. The van der Waals surface area contributed by atoms with Crippen LogP contribution >= 0.6 is 11.8 Å². The second kappa shape index (κ2) is 6.70. The van der Waals surface area contributed by atoms with Gasteiger partial charge in [-0.3, -0.25) is 0 Å². The van der Waals surface area contributed by atoms with E-state index in [2.05, 4.69) is 88.5 Å². The summed E-state index contributed by atoms with van der Waals surface area (Å²) in [5.41, 5.74) is 5.86. The predicted molar refractivity (Wildman–Crippen MR) is 109 cm³/mol. The van der Waals surface area contributed by atoms with E-state index in [-0.39, 0.29) is 0 Å². The average molecular weight is 330 g/mol. The van der Waals surface area contributed by atoms with Crippen LogP contribution in [0, 0.1) is 6.92 Å². The van der Waals surface area contributed by atoms with Crippen LogP contribution in [0.5, 0.6) is 0 Å². The third-order valence-electron chi connectivity index (χ3n) is 4.17. The molecule has 0 nitrogen and oxygen atoms in total. The summed E-state index contributed by atoms with van der Waals surface area (Å²) in [6.45, 7) is 14.6. The fourth-order valence-corrected chi connectivity index (χ4v) is 3.86. The molecule has 0 amide bonds. The zero-order valence-electron chi connectivity index (χ0n) is 14.5. The van der Waals surface area contributed by atoms with Gasteiger partial charge in [-0.1, -0.05) is 78.0 Å². The fourth-order valence-electron chi connectivity index (χ4n) is 2.91. The molecular weight excluding hydrogens is 308 g/mol. The van der Waals surface area contributed by atoms with Crippen LogP contribution in [0.1, 0.15) is 30.5 Å². The maximum atomic E-state index is 4.16. The highest BCUT2D eigenvalue weighted by Gasteiger charge is 2.12. The van der Waals surface area contributed by atoms with Crippen LogP contribution in [0.3, 0.4) is 0 Å². The Kier molecular flexibility index (Phi) is 4.64. The Morgan fingerprint density at radius 2 is 1.42 bits per heavy atom. The van der Waals surface area contributed by atoms with Crippen molar-refractivity contribution in [2.45, 2.75) is 30.6 Å². The third-order valence-corrected chi connectivity index (χ3v) is 5.25. The quantitative estimate of drug-likeness (QED) is 0.481. The minimum atomic E-state index is 1.08. The summed E-state index contributed by atoms with van der Waals surface area (Å²) < 4.78 is 0. The molecule has 0 aliphatic rings. The fraction of sp³-hybridized carbons (Fsp3) is 0.130. The minimum absolute atomic E-state index is 1.08. The van der Waals surface area contributed by atoms with E-state index in [0.717, 1.165) is 11.1 Å². The number of benzene rings is 3. The largest absolute Gasteiger partial charge is 0.0955 e. The molecule has 3 rings (SSSR count). The molecule has 120 valence electrons. The molecule has 1 heteroatoms. The monoisotopic (exact) mass is 330 g/mol. The van der Waals surface area contributed by atoms with Crippen molar-refractivity contribution in [1.29, 1.82) is 0 Å². The van der Waals surface area contributed by atoms with Crippen molar-refractivity contribution in [2.24, 2.45) is 0 Å². The zero-order valence-corrected chi connectivity index (χ0v) is 15.3. The molecule has 0 N–H and O–H groups in total. The van der Waals surface area contributed by atoms with Gasteiger partial charge in [-0.2, -0.15) is 0 Å². The molecule has 0 aromatic heterocycles. The van der Waals surface area contributed by atoms with E-state index < -0.39 is 0 Å². The van der Waals surface area contributed by atoms with Crippen molar-refractivity contribution in [3.05, 3.63) is 84.4 Å². The lowest BCUT2D eigenvalue weighted by Crippen LogP contribution is -1.90. The summed E-state index contributed by atoms with van der Waals surface area (Å²) in [5, 5.41) is 2.52. The Hall–Kier alpha value is -2.25. The van der Waals surface area contributed by atoms with E-state index in [9.17, 15) is 0 Å². The van der Waals surface area contributed by atoms with E-state index in [1.165, 1.54) is 37.3 Å². The highest BCUT2D eigenvalue weighted by molar-refractivity contribution is 7.99. The number of aryl methyl sites for hydroxylation is 1. The Bertz CT molecular complexity index is 910. The van der Waals surface area contributed by atoms with Gasteiger partial charge in [0.2, 0.25) is 0 Å². The van der Waals surface area contributed by atoms with Gasteiger partial charge in [0.05, 0.1) is 0 Å². The molecule has 3 aromatic rings. The molecule has 3 aromatic carbocycles. The van der Waals surface area contributed by atoms with E-state index in [0.29, 0.717) is 0 Å². The van der Waals surface area contributed by atoms with Crippen LogP contribution in [0.2, 0.25) is 0 Å². The SMILES string of the molecule is C=C(C)c1cccc2c(Sc3ccc(C)cc3)ccc(C(=C)C)c12. The van der Waals surface area contributed by atoms with Crippen molar-refractivity contribution in [3.8, 4) is 0 Å². The Labute approximate surface area is 148 Å². The lowest BCUT2D eigenvalue weighted by molar-refractivity contribution is 1.37. The van der Waals surface area contributed by atoms with Gasteiger partial charge in [0, 0.05) is 9.79 Å². The zero-order chi connectivity index (χ0) is 17.3. The van der Waals surface area contributed by atoms with Gasteiger partial charge in [-0.05, 0) is 60.9 Å². The normalized spacial score (nSPS) is 10.8. The molecule has 0 fully saturated rings. The number of rotatable bonds is 4. The van der Waals surface area contributed by atoms with Crippen molar-refractivity contribution in [2.75, 3.05) is 0 Å². The lowest BCUT2D eigenvalue weighted by atomic mass is 9.93.